The van der Waals surface area contributed by atoms with Crippen molar-refractivity contribution in [2.24, 2.45) is 5.14 Å². The smallest absolute Gasteiger partial charge is 0.277 e. The second-order valence-electron chi connectivity index (χ2n) is 6.54. The van der Waals surface area contributed by atoms with Crippen molar-refractivity contribution in [3.05, 3.63) is 53.1 Å². The first-order valence-electron chi connectivity index (χ1n) is 8.56. The van der Waals surface area contributed by atoms with Crippen LogP contribution in [0.3, 0.4) is 0 Å². The van der Waals surface area contributed by atoms with Crippen LogP contribution in [0.5, 0.6) is 17.2 Å². The third kappa shape index (κ3) is 5.14. The summed E-state index contributed by atoms with van der Waals surface area (Å²) in [4.78, 5) is 0. The molecule has 2 atom stereocenters. The SMILES string of the molecule is COc1cc(CN([C@@H](C)[C@H](O)c2ccc(O)c(C)c2)S(N)(=O)=O)cc(OC)c1. The van der Waals surface area contributed by atoms with Crippen molar-refractivity contribution in [3.8, 4) is 17.2 Å². The number of aliphatic hydroxyl groups excluding tert-OH is 1. The van der Waals surface area contributed by atoms with Gasteiger partial charge in [0.25, 0.3) is 10.2 Å². The van der Waals surface area contributed by atoms with E-state index in [1.54, 1.807) is 44.2 Å². The molecule has 0 heterocycles. The maximum absolute atomic E-state index is 12.2. The zero-order valence-electron chi connectivity index (χ0n) is 16.3. The zero-order chi connectivity index (χ0) is 21.1. The fourth-order valence-corrected chi connectivity index (χ4v) is 3.81. The highest BCUT2D eigenvalue weighted by Crippen LogP contribution is 2.29. The molecule has 0 aliphatic rings. The fraction of sp³-hybridized carbons (Fsp3) is 0.368. The number of phenolic OH excluding ortho intramolecular Hbond substituents is 1. The van der Waals surface area contributed by atoms with Crippen LogP contribution in [0.15, 0.2) is 36.4 Å². The third-order valence-corrected chi connectivity index (χ3v) is 5.67. The lowest BCUT2D eigenvalue weighted by atomic mass is 10.0. The summed E-state index contributed by atoms with van der Waals surface area (Å²) in [5.41, 5.74) is 1.63. The van der Waals surface area contributed by atoms with Gasteiger partial charge in [0.1, 0.15) is 17.2 Å². The molecule has 0 amide bonds. The Labute approximate surface area is 165 Å². The van der Waals surface area contributed by atoms with Gasteiger partial charge in [-0.1, -0.05) is 6.07 Å². The van der Waals surface area contributed by atoms with E-state index in [0.717, 1.165) is 4.31 Å². The highest BCUT2D eigenvalue weighted by molar-refractivity contribution is 7.86. The molecule has 4 N–H and O–H groups in total. The number of hydrogen-bond donors (Lipinski definition) is 3. The van der Waals surface area contributed by atoms with Gasteiger partial charge in [-0.2, -0.15) is 12.7 Å². The van der Waals surface area contributed by atoms with Gasteiger partial charge in [0.15, 0.2) is 0 Å². The molecule has 154 valence electrons. The summed E-state index contributed by atoms with van der Waals surface area (Å²) in [5, 5.41) is 25.8. The first-order valence-corrected chi connectivity index (χ1v) is 10.1. The van der Waals surface area contributed by atoms with Gasteiger partial charge in [-0.05, 0) is 54.8 Å². The average Bonchev–Trinajstić information content (AvgIpc) is 2.65. The Kier molecular flexibility index (Phi) is 6.89. The van der Waals surface area contributed by atoms with Crippen LogP contribution in [0, 0.1) is 6.92 Å². The van der Waals surface area contributed by atoms with Gasteiger partial charge in [0.05, 0.1) is 26.4 Å². The molecule has 0 aliphatic heterocycles. The summed E-state index contributed by atoms with van der Waals surface area (Å²) in [7, 11) is -1.14. The van der Waals surface area contributed by atoms with Gasteiger partial charge >= 0.3 is 0 Å². The standard InChI is InChI=1S/C19H26N2O6S/c1-12-7-15(5-6-18(12)22)19(23)13(2)21(28(20,24)25)11-14-8-16(26-3)10-17(9-14)27-4/h5-10,13,19,22-23H,11H2,1-4H3,(H2,20,24,25)/t13-,19-/m0/s1. The maximum Gasteiger partial charge on any atom is 0.277 e. The molecule has 0 saturated carbocycles. The van der Waals surface area contributed by atoms with Crippen LogP contribution < -0.4 is 14.6 Å². The lowest BCUT2D eigenvalue weighted by Crippen LogP contribution is -2.45. The van der Waals surface area contributed by atoms with E-state index in [9.17, 15) is 18.6 Å². The van der Waals surface area contributed by atoms with Crippen molar-refractivity contribution in [3.63, 3.8) is 0 Å². The highest BCUT2D eigenvalue weighted by Gasteiger charge is 2.30. The number of aliphatic hydroxyl groups is 1. The number of nitrogens with zero attached hydrogens (tertiary/aromatic N) is 1. The molecule has 9 heteroatoms. The lowest BCUT2D eigenvalue weighted by molar-refractivity contribution is 0.0959. The minimum atomic E-state index is -4.13. The molecule has 0 fully saturated rings. The molecule has 0 aliphatic carbocycles. The Morgan fingerprint density at radius 3 is 2.14 bits per heavy atom. The summed E-state index contributed by atoms with van der Waals surface area (Å²) >= 11 is 0. The number of nitrogens with two attached hydrogens (primary N) is 1. The Morgan fingerprint density at radius 1 is 1.11 bits per heavy atom. The maximum atomic E-state index is 12.2. The van der Waals surface area contributed by atoms with Crippen LogP contribution >= 0.6 is 0 Å². The highest BCUT2D eigenvalue weighted by atomic mass is 32.2. The minimum Gasteiger partial charge on any atom is -0.508 e. The van der Waals surface area contributed by atoms with Crippen LogP contribution in [0.2, 0.25) is 0 Å². The summed E-state index contributed by atoms with van der Waals surface area (Å²) in [6.45, 7) is 3.17. The number of aromatic hydroxyl groups is 1. The van der Waals surface area contributed by atoms with E-state index in [-0.39, 0.29) is 12.3 Å². The molecule has 0 aromatic heterocycles. The van der Waals surface area contributed by atoms with Crippen molar-refractivity contribution < 1.29 is 28.1 Å². The topological polar surface area (TPSA) is 122 Å². The predicted octanol–water partition coefficient (Wildman–Crippen LogP) is 1.85. The summed E-state index contributed by atoms with van der Waals surface area (Å²) in [5.74, 6) is 1.10. The van der Waals surface area contributed by atoms with Gasteiger partial charge in [-0.3, -0.25) is 0 Å². The van der Waals surface area contributed by atoms with Gasteiger partial charge in [-0.15, -0.1) is 0 Å². The number of ether oxygens (including phenoxy) is 2. The van der Waals surface area contributed by atoms with E-state index in [4.69, 9.17) is 14.6 Å². The predicted molar refractivity (Wildman–Crippen MR) is 105 cm³/mol. The summed E-state index contributed by atoms with van der Waals surface area (Å²) in [6, 6.07) is 8.74. The van der Waals surface area contributed by atoms with Crippen LogP contribution in [-0.2, 0) is 16.8 Å². The molecule has 28 heavy (non-hydrogen) atoms. The van der Waals surface area contributed by atoms with Gasteiger partial charge < -0.3 is 19.7 Å². The Hall–Kier alpha value is -2.33. The average molecular weight is 410 g/mol. The quantitative estimate of drug-likeness (QED) is 0.610. The van der Waals surface area contributed by atoms with E-state index in [2.05, 4.69) is 0 Å². The molecule has 0 spiro atoms. The van der Waals surface area contributed by atoms with Gasteiger partial charge in [-0.25, -0.2) is 5.14 Å². The molecule has 2 aromatic rings. The third-order valence-electron chi connectivity index (χ3n) is 4.55. The number of aryl methyl sites for hydroxylation is 1. The number of phenols is 1. The lowest BCUT2D eigenvalue weighted by Gasteiger charge is -2.30. The van der Waals surface area contributed by atoms with Crippen molar-refractivity contribution in [1.29, 1.82) is 0 Å². The Morgan fingerprint density at radius 2 is 1.68 bits per heavy atom. The number of rotatable bonds is 8. The molecular weight excluding hydrogens is 384 g/mol. The van der Waals surface area contributed by atoms with Crippen molar-refractivity contribution in [2.45, 2.75) is 32.5 Å². The van der Waals surface area contributed by atoms with E-state index in [1.165, 1.54) is 20.3 Å². The van der Waals surface area contributed by atoms with E-state index in [1.807, 2.05) is 0 Å². The number of hydrogen-bond acceptors (Lipinski definition) is 6. The van der Waals surface area contributed by atoms with E-state index in [0.29, 0.717) is 28.2 Å². The monoisotopic (exact) mass is 410 g/mol. The fourth-order valence-electron chi connectivity index (χ4n) is 2.90. The Bertz CT molecular complexity index is 910. The minimum absolute atomic E-state index is 0.0817. The van der Waals surface area contributed by atoms with Crippen LogP contribution in [0.25, 0.3) is 0 Å². The molecular formula is C19H26N2O6S. The van der Waals surface area contributed by atoms with Crippen molar-refractivity contribution in [2.75, 3.05) is 14.2 Å². The van der Waals surface area contributed by atoms with Gasteiger partial charge in [0, 0.05) is 12.6 Å². The summed E-state index contributed by atoms with van der Waals surface area (Å²) in [6.07, 6.45) is -1.15. The largest absolute Gasteiger partial charge is 0.508 e. The number of methoxy groups -OCH3 is 2. The van der Waals surface area contributed by atoms with Crippen molar-refractivity contribution in [1.82, 2.24) is 4.31 Å². The molecule has 0 unspecified atom stereocenters. The molecule has 2 aromatic carbocycles. The molecule has 0 radical (unpaired) electrons. The summed E-state index contributed by atoms with van der Waals surface area (Å²) < 4.78 is 35.9. The van der Waals surface area contributed by atoms with Crippen LogP contribution in [0.1, 0.15) is 29.7 Å². The van der Waals surface area contributed by atoms with E-state index < -0.39 is 22.4 Å². The Balaban J connectivity index is 2.37. The normalized spacial score (nSPS) is 14.0. The van der Waals surface area contributed by atoms with Crippen LogP contribution in [-0.4, -0.2) is 43.2 Å². The second-order valence-corrected chi connectivity index (χ2v) is 8.04. The molecule has 0 saturated heterocycles. The first kappa shape index (κ1) is 22.0. The first-order chi connectivity index (χ1) is 13.1. The molecule has 0 bridgehead atoms. The van der Waals surface area contributed by atoms with E-state index >= 15 is 0 Å². The van der Waals surface area contributed by atoms with Crippen LogP contribution in [0.4, 0.5) is 0 Å². The second kappa shape index (κ2) is 8.78. The van der Waals surface area contributed by atoms with Crippen molar-refractivity contribution >= 4 is 10.2 Å². The molecule has 8 nitrogen and oxygen atoms in total. The zero-order valence-corrected chi connectivity index (χ0v) is 17.1. The van der Waals surface area contributed by atoms with Gasteiger partial charge in [0.2, 0.25) is 0 Å². The molecule has 2 rings (SSSR count). The number of benzene rings is 2.